The number of rotatable bonds is 3. The Morgan fingerprint density at radius 1 is 0.548 bits per heavy atom. The van der Waals surface area contributed by atoms with Gasteiger partial charge in [0.1, 0.15) is 5.52 Å². The van der Waals surface area contributed by atoms with Gasteiger partial charge in [0.25, 0.3) is 16.7 Å². The molecule has 8 nitrogen and oxygen atoms in total. The van der Waals surface area contributed by atoms with Crippen molar-refractivity contribution < 1.29 is 0 Å². The van der Waals surface area contributed by atoms with Crippen molar-refractivity contribution in [1.82, 2.24) is 24.9 Å². The molecule has 0 radical (unpaired) electrons. The fourth-order valence-corrected chi connectivity index (χ4v) is 4.42. The molecule has 0 spiro atoms. The second kappa shape index (κ2) is 13.2. The topological polar surface area (TPSA) is 124 Å². The van der Waals surface area contributed by atoms with Crippen molar-refractivity contribution in [3.05, 3.63) is 127 Å². The first-order valence-corrected chi connectivity index (χ1v) is 14.1. The molecule has 0 aliphatic heterocycles. The molecule has 2 aromatic carbocycles. The molecule has 0 unspecified atom stereocenters. The van der Waals surface area contributed by atoms with E-state index in [-0.39, 0.29) is 16.7 Å². The Morgan fingerprint density at radius 2 is 1.10 bits per heavy atom. The lowest BCUT2D eigenvalue weighted by Crippen LogP contribution is -2.06. The average molecular weight is 564 g/mol. The van der Waals surface area contributed by atoms with Crippen molar-refractivity contribution in [1.29, 1.82) is 0 Å². The quantitative estimate of drug-likeness (QED) is 0.220. The van der Waals surface area contributed by atoms with E-state index in [4.69, 9.17) is 0 Å². The van der Waals surface area contributed by atoms with Crippen LogP contribution >= 0.6 is 0 Å². The minimum atomic E-state index is -0.127. The maximum Gasteiger partial charge on any atom is 0.274 e. The van der Waals surface area contributed by atoms with Gasteiger partial charge in [0.2, 0.25) is 0 Å². The molecule has 216 valence electrons. The normalized spacial score (nSPS) is 11.1. The van der Waals surface area contributed by atoms with Gasteiger partial charge in [-0.15, -0.1) is 0 Å². The SMILES string of the molecule is CC(C)c1ccc2c(=O)[nH]ccc2c1.CC(C)c1ccc2c(=O)[nH]cnc2c1.CC(C)c1cnc2c(=O)[nH]ccc2c1. The van der Waals surface area contributed by atoms with Crippen LogP contribution in [0, 0.1) is 0 Å². The molecule has 0 atom stereocenters. The van der Waals surface area contributed by atoms with Crippen molar-refractivity contribution in [3.8, 4) is 0 Å². The highest BCUT2D eigenvalue weighted by Gasteiger charge is 2.05. The van der Waals surface area contributed by atoms with Crippen LogP contribution in [0.15, 0.2) is 93.9 Å². The molecule has 0 aliphatic rings. The van der Waals surface area contributed by atoms with E-state index in [9.17, 15) is 14.4 Å². The summed E-state index contributed by atoms with van der Waals surface area (Å²) in [6.07, 6.45) is 6.54. The molecule has 0 saturated carbocycles. The number of aromatic nitrogens is 5. The molecule has 4 heterocycles. The number of nitrogens with one attached hydrogen (secondary N) is 3. The van der Waals surface area contributed by atoms with Gasteiger partial charge in [0.15, 0.2) is 0 Å². The van der Waals surface area contributed by atoms with E-state index in [1.807, 2.05) is 48.5 Å². The highest BCUT2D eigenvalue weighted by atomic mass is 16.1. The minimum absolute atomic E-state index is 0.0159. The fourth-order valence-electron chi connectivity index (χ4n) is 4.42. The molecule has 8 heteroatoms. The lowest BCUT2D eigenvalue weighted by Gasteiger charge is -2.05. The van der Waals surface area contributed by atoms with Gasteiger partial charge in [-0.3, -0.25) is 19.4 Å². The first-order chi connectivity index (χ1) is 20.0. The molecule has 0 fully saturated rings. The van der Waals surface area contributed by atoms with Gasteiger partial charge in [-0.1, -0.05) is 59.7 Å². The minimum Gasteiger partial charge on any atom is -0.329 e. The number of benzene rings is 2. The van der Waals surface area contributed by atoms with Gasteiger partial charge in [-0.05, 0) is 76.2 Å². The molecular formula is C34H37N5O3. The van der Waals surface area contributed by atoms with E-state index >= 15 is 0 Å². The molecule has 6 aromatic rings. The number of hydrogen-bond donors (Lipinski definition) is 3. The molecule has 0 amide bonds. The second-order valence-corrected chi connectivity index (χ2v) is 11.1. The molecule has 6 rings (SSSR count). The standard InChI is InChI=1S/C12H13NO.2C11H12N2O/c1-8(2)9-3-4-11-10(7-9)5-6-13-12(11)14;1-7(2)9-5-8-3-4-12-11(14)10(8)13-6-9;1-7(2)8-3-4-9-10(5-8)12-6-13-11(9)14/h3-8H,1-2H3,(H,13,14);3-7H,1-2H3,(H,12,14);3-7H,1-2H3,(H,12,13,14). The monoisotopic (exact) mass is 563 g/mol. The number of aromatic amines is 3. The Kier molecular flexibility index (Phi) is 9.47. The zero-order valence-corrected chi connectivity index (χ0v) is 24.9. The Hall–Kier alpha value is -4.85. The summed E-state index contributed by atoms with van der Waals surface area (Å²) in [4.78, 5) is 50.2. The average Bonchev–Trinajstić information content (AvgIpc) is 2.97. The van der Waals surface area contributed by atoms with Crippen LogP contribution in [-0.2, 0) is 0 Å². The molecule has 42 heavy (non-hydrogen) atoms. The first-order valence-electron chi connectivity index (χ1n) is 14.1. The lowest BCUT2D eigenvalue weighted by atomic mass is 10.0. The predicted molar refractivity (Wildman–Crippen MR) is 172 cm³/mol. The van der Waals surface area contributed by atoms with Gasteiger partial charge in [0, 0.05) is 29.4 Å². The Balaban J connectivity index is 0.000000145. The Morgan fingerprint density at radius 3 is 1.76 bits per heavy atom. The van der Waals surface area contributed by atoms with Crippen molar-refractivity contribution in [2.75, 3.05) is 0 Å². The van der Waals surface area contributed by atoms with Gasteiger partial charge < -0.3 is 15.0 Å². The van der Waals surface area contributed by atoms with Crippen LogP contribution in [0.1, 0.15) is 76.0 Å². The molecular weight excluding hydrogens is 526 g/mol. The maximum atomic E-state index is 11.4. The van der Waals surface area contributed by atoms with Crippen molar-refractivity contribution in [3.63, 3.8) is 0 Å². The third-order valence-electron chi connectivity index (χ3n) is 7.09. The van der Waals surface area contributed by atoms with Crippen molar-refractivity contribution in [2.45, 2.75) is 59.3 Å². The number of pyridine rings is 3. The molecule has 0 aliphatic carbocycles. The summed E-state index contributed by atoms with van der Waals surface area (Å²) >= 11 is 0. The number of H-pyrrole nitrogens is 3. The molecule has 0 saturated heterocycles. The highest BCUT2D eigenvalue weighted by Crippen LogP contribution is 2.19. The van der Waals surface area contributed by atoms with Crippen LogP contribution < -0.4 is 16.7 Å². The van der Waals surface area contributed by atoms with Gasteiger partial charge in [0.05, 0.1) is 17.2 Å². The summed E-state index contributed by atoms with van der Waals surface area (Å²) in [5.41, 5.74) is 4.68. The fraction of sp³-hybridized carbons (Fsp3) is 0.265. The Bertz CT molecular complexity index is 1770. The Labute approximate surface area is 243 Å². The van der Waals surface area contributed by atoms with E-state index in [0.29, 0.717) is 28.7 Å². The summed E-state index contributed by atoms with van der Waals surface area (Å²) in [6, 6.07) is 17.6. The van der Waals surface area contributed by atoms with E-state index < -0.39 is 0 Å². The van der Waals surface area contributed by atoms with Crippen LogP contribution in [-0.4, -0.2) is 24.9 Å². The van der Waals surface area contributed by atoms with Gasteiger partial charge in [-0.25, -0.2) is 4.98 Å². The predicted octanol–water partition coefficient (Wildman–Crippen LogP) is 6.74. The van der Waals surface area contributed by atoms with Crippen molar-refractivity contribution >= 4 is 32.6 Å². The molecule has 3 N–H and O–H groups in total. The summed E-state index contributed by atoms with van der Waals surface area (Å²) < 4.78 is 0. The second-order valence-electron chi connectivity index (χ2n) is 11.1. The zero-order valence-electron chi connectivity index (χ0n) is 24.9. The third-order valence-corrected chi connectivity index (χ3v) is 7.09. The smallest absolute Gasteiger partial charge is 0.274 e. The third kappa shape index (κ3) is 7.07. The van der Waals surface area contributed by atoms with E-state index in [1.165, 1.54) is 17.5 Å². The summed E-state index contributed by atoms with van der Waals surface area (Å²) in [5.74, 6) is 1.39. The van der Waals surface area contributed by atoms with Crippen LogP contribution in [0.3, 0.4) is 0 Å². The summed E-state index contributed by atoms with van der Waals surface area (Å²) in [6.45, 7) is 12.7. The van der Waals surface area contributed by atoms with Crippen LogP contribution in [0.5, 0.6) is 0 Å². The highest BCUT2D eigenvalue weighted by molar-refractivity contribution is 5.82. The van der Waals surface area contributed by atoms with E-state index in [2.05, 4.69) is 72.5 Å². The maximum absolute atomic E-state index is 11.4. The van der Waals surface area contributed by atoms with E-state index in [1.54, 1.807) is 18.6 Å². The van der Waals surface area contributed by atoms with E-state index in [0.717, 1.165) is 27.2 Å². The van der Waals surface area contributed by atoms with Crippen molar-refractivity contribution in [2.24, 2.45) is 0 Å². The van der Waals surface area contributed by atoms with Crippen LogP contribution in [0.2, 0.25) is 0 Å². The summed E-state index contributed by atoms with van der Waals surface area (Å²) in [7, 11) is 0. The number of fused-ring (bicyclic) bond motifs is 3. The van der Waals surface area contributed by atoms with Crippen LogP contribution in [0.4, 0.5) is 0 Å². The first kappa shape index (κ1) is 30.1. The summed E-state index contributed by atoms with van der Waals surface area (Å²) in [5, 5.41) is 3.33. The van der Waals surface area contributed by atoms with Gasteiger partial charge in [-0.2, -0.15) is 0 Å². The van der Waals surface area contributed by atoms with Gasteiger partial charge >= 0.3 is 0 Å². The lowest BCUT2D eigenvalue weighted by molar-refractivity contribution is 0.861. The largest absolute Gasteiger partial charge is 0.329 e. The zero-order chi connectivity index (χ0) is 30.4. The van der Waals surface area contributed by atoms with Crippen LogP contribution in [0.25, 0.3) is 32.6 Å². The number of hydrogen-bond acceptors (Lipinski definition) is 5. The molecule has 4 aromatic heterocycles. The molecule has 0 bridgehead atoms. The number of nitrogens with zero attached hydrogens (tertiary/aromatic N) is 2.